The van der Waals surface area contributed by atoms with Crippen LogP contribution < -0.4 is 0 Å². The lowest BCUT2D eigenvalue weighted by Gasteiger charge is -2.17. The zero-order valence-corrected chi connectivity index (χ0v) is 15.6. The highest BCUT2D eigenvalue weighted by Gasteiger charge is 2.20. The summed E-state index contributed by atoms with van der Waals surface area (Å²) in [6, 6.07) is 21.1. The van der Waals surface area contributed by atoms with E-state index in [2.05, 4.69) is 62.4 Å². The fourth-order valence-electron chi connectivity index (χ4n) is 2.86. The van der Waals surface area contributed by atoms with Crippen molar-refractivity contribution in [3.63, 3.8) is 0 Å². The van der Waals surface area contributed by atoms with Crippen molar-refractivity contribution in [1.82, 2.24) is 0 Å². The third-order valence-corrected chi connectivity index (χ3v) is 5.34. The van der Waals surface area contributed by atoms with Gasteiger partial charge in [0.15, 0.2) is 0 Å². The number of aryl methyl sites for hydroxylation is 2. The maximum absolute atomic E-state index is 12.0. The summed E-state index contributed by atoms with van der Waals surface area (Å²) >= 11 is 1.51. The van der Waals surface area contributed by atoms with Crippen LogP contribution in [0.5, 0.6) is 0 Å². The largest absolute Gasteiger partial charge is 0.462 e. The molecular formula is C22H22O2S. The molecule has 3 rings (SSSR count). The van der Waals surface area contributed by atoms with E-state index in [0.29, 0.717) is 11.5 Å². The van der Waals surface area contributed by atoms with Crippen LogP contribution in [0.4, 0.5) is 0 Å². The quantitative estimate of drug-likeness (QED) is 0.550. The van der Waals surface area contributed by atoms with E-state index >= 15 is 0 Å². The molecule has 0 N–H and O–H groups in total. The molecule has 0 atom stereocenters. The summed E-state index contributed by atoms with van der Waals surface area (Å²) in [7, 11) is 0. The monoisotopic (exact) mass is 350 g/mol. The smallest absolute Gasteiger partial charge is 0.348 e. The first-order valence-electron chi connectivity index (χ1n) is 8.48. The van der Waals surface area contributed by atoms with E-state index in [4.69, 9.17) is 4.74 Å². The van der Waals surface area contributed by atoms with E-state index < -0.39 is 0 Å². The molecule has 0 aliphatic rings. The first kappa shape index (κ1) is 17.4. The Balaban J connectivity index is 2.03. The summed E-state index contributed by atoms with van der Waals surface area (Å²) in [5.41, 5.74) is 4.94. The first-order chi connectivity index (χ1) is 12.1. The SMILES string of the molecule is CCOC(=O)c1ccc(C(c2ccc(C)cc2)c2ccc(C)cc2)s1. The Morgan fingerprint density at radius 1 is 0.880 bits per heavy atom. The Labute approximate surface area is 153 Å². The minimum absolute atomic E-state index is 0.120. The normalized spacial score (nSPS) is 10.9. The number of hydrogen-bond donors (Lipinski definition) is 0. The molecule has 25 heavy (non-hydrogen) atoms. The number of hydrogen-bond acceptors (Lipinski definition) is 3. The molecule has 0 bridgehead atoms. The van der Waals surface area contributed by atoms with E-state index in [-0.39, 0.29) is 11.9 Å². The third kappa shape index (κ3) is 3.99. The molecule has 0 aliphatic heterocycles. The fourth-order valence-corrected chi connectivity index (χ4v) is 3.92. The molecule has 0 saturated heterocycles. The molecule has 3 heteroatoms. The van der Waals surface area contributed by atoms with Gasteiger partial charge in [-0.3, -0.25) is 0 Å². The zero-order valence-electron chi connectivity index (χ0n) is 14.8. The van der Waals surface area contributed by atoms with Crippen molar-refractivity contribution in [2.75, 3.05) is 6.61 Å². The van der Waals surface area contributed by atoms with Crippen molar-refractivity contribution in [1.29, 1.82) is 0 Å². The van der Waals surface area contributed by atoms with Gasteiger partial charge in [0, 0.05) is 10.8 Å². The summed E-state index contributed by atoms with van der Waals surface area (Å²) in [5, 5.41) is 0. The van der Waals surface area contributed by atoms with Crippen molar-refractivity contribution in [3.05, 3.63) is 92.7 Å². The van der Waals surface area contributed by atoms with Gasteiger partial charge in [-0.1, -0.05) is 59.7 Å². The van der Waals surface area contributed by atoms with Crippen LogP contribution >= 0.6 is 11.3 Å². The number of esters is 1. The zero-order chi connectivity index (χ0) is 17.8. The average Bonchev–Trinajstić information content (AvgIpc) is 3.08. The molecule has 0 fully saturated rings. The first-order valence-corrected chi connectivity index (χ1v) is 9.30. The lowest BCUT2D eigenvalue weighted by Crippen LogP contribution is -2.02. The number of rotatable bonds is 5. The lowest BCUT2D eigenvalue weighted by atomic mass is 9.89. The highest BCUT2D eigenvalue weighted by molar-refractivity contribution is 7.14. The summed E-state index contributed by atoms with van der Waals surface area (Å²) in [5.74, 6) is -0.125. The van der Waals surface area contributed by atoms with Crippen LogP contribution in [-0.4, -0.2) is 12.6 Å². The third-order valence-electron chi connectivity index (χ3n) is 4.21. The van der Waals surface area contributed by atoms with Gasteiger partial charge in [0.1, 0.15) is 4.88 Å². The second kappa shape index (κ2) is 7.66. The van der Waals surface area contributed by atoms with Crippen molar-refractivity contribution in [2.24, 2.45) is 0 Å². The van der Waals surface area contributed by atoms with Gasteiger partial charge < -0.3 is 4.74 Å². The standard InChI is InChI=1S/C22H22O2S/c1-4-24-22(23)20-14-13-19(25-20)21(17-9-5-15(2)6-10-17)18-11-7-16(3)8-12-18/h5-14,21H,4H2,1-3H3. The van der Waals surface area contributed by atoms with Crippen LogP contribution in [0.2, 0.25) is 0 Å². The maximum Gasteiger partial charge on any atom is 0.348 e. The number of carbonyl (C=O) groups excluding carboxylic acids is 1. The minimum Gasteiger partial charge on any atom is -0.462 e. The molecule has 2 nitrogen and oxygen atoms in total. The highest BCUT2D eigenvalue weighted by Crippen LogP contribution is 2.36. The van der Waals surface area contributed by atoms with E-state index in [1.54, 1.807) is 0 Å². The molecule has 0 aliphatic carbocycles. The van der Waals surface area contributed by atoms with E-state index in [0.717, 1.165) is 4.88 Å². The Bertz CT molecular complexity index is 799. The Hall–Kier alpha value is -2.39. The van der Waals surface area contributed by atoms with Gasteiger partial charge in [-0.2, -0.15) is 0 Å². The summed E-state index contributed by atoms with van der Waals surface area (Å²) in [4.78, 5) is 13.8. The van der Waals surface area contributed by atoms with E-state index in [1.807, 2.05) is 19.1 Å². The molecule has 1 heterocycles. The van der Waals surface area contributed by atoms with Crippen molar-refractivity contribution >= 4 is 17.3 Å². The van der Waals surface area contributed by atoms with Crippen LogP contribution in [0.25, 0.3) is 0 Å². The van der Waals surface area contributed by atoms with E-state index in [1.165, 1.54) is 33.6 Å². The van der Waals surface area contributed by atoms with Crippen LogP contribution in [0.3, 0.4) is 0 Å². The summed E-state index contributed by atoms with van der Waals surface area (Å²) in [6.45, 7) is 6.41. The van der Waals surface area contributed by atoms with Gasteiger partial charge in [-0.15, -0.1) is 11.3 Å². The molecule has 128 valence electrons. The summed E-state index contributed by atoms with van der Waals surface area (Å²) < 4.78 is 5.14. The van der Waals surface area contributed by atoms with Gasteiger partial charge in [0.2, 0.25) is 0 Å². The number of carbonyl (C=O) groups is 1. The molecule has 0 unspecified atom stereocenters. The van der Waals surface area contributed by atoms with Gasteiger partial charge in [0.25, 0.3) is 0 Å². The molecule has 2 aromatic carbocycles. The number of thiophene rings is 1. The minimum atomic E-state index is -0.245. The molecule has 0 amide bonds. The fraction of sp³-hybridized carbons (Fsp3) is 0.227. The lowest BCUT2D eigenvalue weighted by molar-refractivity contribution is 0.0532. The molecular weight excluding hydrogens is 328 g/mol. The van der Waals surface area contributed by atoms with Gasteiger partial charge in [-0.25, -0.2) is 4.79 Å². The Kier molecular flexibility index (Phi) is 5.34. The van der Waals surface area contributed by atoms with E-state index in [9.17, 15) is 4.79 Å². The summed E-state index contributed by atoms with van der Waals surface area (Å²) in [6.07, 6.45) is 0. The average molecular weight is 350 g/mol. The second-order valence-electron chi connectivity index (χ2n) is 6.18. The Morgan fingerprint density at radius 2 is 1.40 bits per heavy atom. The van der Waals surface area contributed by atoms with Crippen LogP contribution in [0, 0.1) is 13.8 Å². The van der Waals surface area contributed by atoms with Crippen molar-refractivity contribution in [3.8, 4) is 0 Å². The second-order valence-corrected chi connectivity index (χ2v) is 7.29. The maximum atomic E-state index is 12.0. The predicted octanol–water partition coefficient (Wildman–Crippen LogP) is 5.72. The van der Waals surface area contributed by atoms with Crippen LogP contribution in [-0.2, 0) is 4.74 Å². The molecule has 0 saturated carbocycles. The van der Waals surface area contributed by atoms with Gasteiger partial charge in [-0.05, 0) is 44.0 Å². The number of benzene rings is 2. The topological polar surface area (TPSA) is 26.3 Å². The van der Waals surface area contributed by atoms with Crippen LogP contribution in [0.1, 0.15) is 49.6 Å². The molecule has 0 spiro atoms. The van der Waals surface area contributed by atoms with Crippen LogP contribution in [0.15, 0.2) is 60.7 Å². The van der Waals surface area contributed by atoms with Crippen molar-refractivity contribution in [2.45, 2.75) is 26.7 Å². The Morgan fingerprint density at radius 3 is 1.88 bits per heavy atom. The van der Waals surface area contributed by atoms with Gasteiger partial charge in [0.05, 0.1) is 6.61 Å². The van der Waals surface area contributed by atoms with Gasteiger partial charge >= 0.3 is 5.97 Å². The predicted molar refractivity (Wildman–Crippen MR) is 104 cm³/mol. The molecule has 1 aromatic heterocycles. The molecule has 3 aromatic rings. The van der Waals surface area contributed by atoms with Crippen molar-refractivity contribution < 1.29 is 9.53 Å². The molecule has 0 radical (unpaired) electrons. The highest BCUT2D eigenvalue weighted by atomic mass is 32.1. The number of ether oxygens (including phenoxy) is 1.